The number of likely N-dealkylation sites (tertiary alicyclic amines) is 1. The van der Waals surface area contributed by atoms with Gasteiger partial charge in [0.25, 0.3) is 0 Å². The molecule has 6 nitrogen and oxygen atoms in total. The summed E-state index contributed by atoms with van der Waals surface area (Å²) >= 11 is 0. The van der Waals surface area contributed by atoms with Crippen LogP contribution in [0.4, 0.5) is 4.79 Å². The first-order chi connectivity index (χ1) is 11.2. The number of aromatic nitrogens is 2. The standard InChI is InChI=1S/C18H27N3O3/c1-12(2)14-10-19-16(20-11-14)15(22)13-6-8-21(9-7-13)17(23)24-18(3,4)5/h10-13H,6-9H2,1-5H3. The van der Waals surface area contributed by atoms with Gasteiger partial charge in [-0.15, -0.1) is 0 Å². The molecule has 132 valence electrons. The molecular formula is C18H27N3O3. The van der Waals surface area contributed by atoms with Crippen molar-refractivity contribution in [3.63, 3.8) is 0 Å². The molecule has 1 aliphatic heterocycles. The molecule has 0 bridgehead atoms. The fourth-order valence-electron chi connectivity index (χ4n) is 2.60. The lowest BCUT2D eigenvalue weighted by atomic mass is 9.92. The number of Topliss-reactive ketones (excluding diaryl/α,β-unsaturated/α-hetero) is 1. The highest BCUT2D eigenvalue weighted by Gasteiger charge is 2.31. The largest absolute Gasteiger partial charge is 0.444 e. The minimum Gasteiger partial charge on any atom is -0.444 e. The van der Waals surface area contributed by atoms with E-state index in [-0.39, 0.29) is 23.6 Å². The number of piperidine rings is 1. The number of carbonyl (C=O) groups excluding carboxylic acids is 2. The second-order valence-electron chi connectivity index (χ2n) is 7.60. The van der Waals surface area contributed by atoms with Crippen molar-refractivity contribution >= 4 is 11.9 Å². The molecular weight excluding hydrogens is 306 g/mol. The van der Waals surface area contributed by atoms with Gasteiger partial charge in [0.05, 0.1) is 0 Å². The summed E-state index contributed by atoms with van der Waals surface area (Å²) in [4.78, 5) is 34.7. The van der Waals surface area contributed by atoms with Gasteiger partial charge >= 0.3 is 6.09 Å². The van der Waals surface area contributed by atoms with Crippen LogP contribution in [0, 0.1) is 5.92 Å². The SMILES string of the molecule is CC(C)c1cnc(C(=O)C2CCN(C(=O)OC(C)(C)C)CC2)nc1. The Bertz CT molecular complexity index is 583. The van der Waals surface area contributed by atoms with Gasteiger partial charge in [0.2, 0.25) is 5.78 Å². The topological polar surface area (TPSA) is 72.4 Å². The zero-order chi connectivity index (χ0) is 17.9. The van der Waals surface area contributed by atoms with Gasteiger partial charge in [-0.25, -0.2) is 14.8 Å². The monoisotopic (exact) mass is 333 g/mol. The summed E-state index contributed by atoms with van der Waals surface area (Å²) in [5.74, 6) is 0.448. The maximum atomic E-state index is 12.5. The molecule has 1 amide bonds. The van der Waals surface area contributed by atoms with Crippen molar-refractivity contribution in [1.29, 1.82) is 0 Å². The second-order valence-corrected chi connectivity index (χ2v) is 7.60. The third kappa shape index (κ3) is 4.76. The lowest BCUT2D eigenvalue weighted by Gasteiger charge is -2.32. The number of carbonyl (C=O) groups is 2. The van der Waals surface area contributed by atoms with E-state index in [0.717, 1.165) is 5.56 Å². The van der Waals surface area contributed by atoms with Crippen LogP contribution in [0.2, 0.25) is 0 Å². The molecule has 6 heteroatoms. The average Bonchev–Trinajstić information content (AvgIpc) is 2.53. The van der Waals surface area contributed by atoms with Gasteiger partial charge in [-0.2, -0.15) is 0 Å². The highest BCUT2D eigenvalue weighted by atomic mass is 16.6. The molecule has 1 saturated heterocycles. The van der Waals surface area contributed by atoms with Gasteiger partial charge in [0.15, 0.2) is 5.82 Å². The van der Waals surface area contributed by atoms with E-state index in [0.29, 0.717) is 31.8 Å². The van der Waals surface area contributed by atoms with E-state index in [1.807, 2.05) is 20.8 Å². The number of ketones is 1. The van der Waals surface area contributed by atoms with Crippen molar-refractivity contribution in [3.05, 3.63) is 23.8 Å². The smallest absolute Gasteiger partial charge is 0.410 e. The molecule has 1 fully saturated rings. The molecule has 0 saturated carbocycles. The average molecular weight is 333 g/mol. The maximum Gasteiger partial charge on any atom is 0.410 e. The van der Waals surface area contributed by atoms with E-state index in [4.69, 9.17) is 4.74 Å². The van der Waals surface area contributed by atoms with E-state index in [1.165, 1.54) is 0 Å². The molecule has 0 aromatic carbocycles. The summed E-state index contributed by atoms with van der Waals surface area (Å²) in [5, 5.41) is 0. The Kier molecular flexibility index (Phi) is 5.57. The third-order valence-electron chi connectivity index (χ3n) is 4.08. The lowest BCUT2D eigenvalue weighted by molar-refractivity contribution is 0.0182. The molecule has 0 atom stereocenters. The molecule has 0 unspecified atom stereocenters. The van der Waals surface area contributed by atoms with E-state index in [2.05, 4.69) is 23.8 Å². The van der Waals surface area contributed by atoms with Crippen LogP contribution in [0.1, 0.15) is 69.6 Å². The number of hydrogen-bond acceptors (Lipinski definition) is 5. The van der Waals surface area contributed by atoms with Crippen LogP contribution in [0.5, 0.6) is 0 Å². The number of hydrogen-bond donors (Lipinski definition) is 0. The Morgan fingerprint density at radius 2 is 1.71 bits per heavy atom. The Morgan fingerprint density at radius 1 is 1.17 bits per heavy atom. The van der Waals surface area contributed by atoms with Gasteiger partial charge in [0, 0.05) is 31.4 Å². The van der Waals surface area contributed by atoms with E-state index in [9.17, 15) is 9.59 Å². The summed E-state index contributed by atoms with van der Waals surface area (Å²) in [6.07, 6.45) is 4.37. The fraction of sp³-hybridized carbons (Fsp3) is 0.667. The molecule has 1 aromatic heterocycles. The number of nitrogens with zero attached hydrogens (tertiary/aromatic N) is 3. The Balaban J connectivity index is 1.92. The van der Waals surface area contributed by atoms with Crippen molar-refractivity contribution in [2.75, 3.05) is 13.1 Å². The zero-order valence-corrected chi connectivity index (χ0v) is 15.2. The summed E-state index contributed by atoms with van der Waals surface area (Å²) in [5.41, 5.74) is 0.516. The van der Waals surface area contributed by atoms with Crippen molar-refractivity contribution in [2.24, 2.45) is 5.92 Å². The van der Waals surface area contributed by atoms with E-state index < -0.39 is 5.60 Å². The minimum absolute atomic E-state index is 0.0332. The van der Waals surface area contributed by atoms with Crippen molar-refractivity contribution in [1.82, 2.24) is 14.9 Å². The molecule has 2 heterocycles. The van der Waals surface area contributed by atoms with Gasteiger partial charge in [0.1, 0.15) is 5.60 Å². The quantitative estimate of drug-likeness (QED) is 0.792. The number of rotatable bonds is 3. The maximum absolute atomic E-state index is 12.5. The van der Waals surface area contributed by atoms with Gasteiger partial charge in [-0.3, -0.25) is 4.79 Å². The molecule has 0 aliphatic carbocycles. The summed E-state index contributed by atoms with van der Waals surface area (Å²) in [6, 6.07) is 0. The number of amides is 1. The Labute approximate surface area is 143 Å². The lowest BCUT2D eigenvalue weighted by Crippen LogP contribution is -2.43. The highest BCUT2D eigenvalue weighted by molar-refractivity contribution is 5.94. The normalized spacial score (nSPS) is 16.3. The van der Waals surface area contributed by atoms with Crippen molar-refractivity contribution in [2.45, 2.75) is 59.0 Å². The van der Waals surface area contributed by atoms with Crippen LogP contribution in [-0.4, -0.2) is 45.4 Å². The fourth-order valence-corrected chi connectivity index (χ4v) is 2.60. The van der Waals surface area contributed by atoms with Crippen LogP contribution >= 0.6 is 0 Å². The third-order valence-corrected chi connectivity index (χ3v) is 4.08. The molecule has 0 radical (unpaired) electrons. The van der Waals surface area contributed by atoms with Crippen LogP contribution in [0.25, 0.3) is 0 Å². The van der Waals surface area contributed by atoms with Crippen LogP contribution in [0.15, 0.2) is 12.4 Å². The first-order valence-corrected chi connectivity index (χ1v) is 8.51. The second kappa shape index (κ2) is 7.28. The first-order valence-electron chi connectivity index (χ1n) is 8.51. The van der Waals surface area contributed by atoms with Crippen LogP contribution in [-0.2, 0) is 4.74 Å². The molecule has 1 aromatic rings. The molecule has 0 N–H and O–H groups in total. The van der Waals surface area contributed by atoms with E-state index in [1.54, 1.807) is 17.3 Å². The molecule has 2 rings (SSSR count). The van der Waals surface area contributed by atoms with Crippen LogP contribution in [0.3, 0.4) is 0 Å². The van der Waals surface area contributed by atoms with E-state index >= 15 is 0 Å². The first kappa shape index (κ1) is 18.4. The Morgan fingerprint density at radius 3 is 2.17 bits per heavy atom. The molecule has 24 heavy (non-hydrogen) atoms. The van der Waals surface area contributed by atoms with Gasteiger partial charge in [-0.05, 0) is 45.1 Å². The van der Waals surface area contributed by atoms with Crippen molar-refractivity contribution < 1.29 is 14.3 Å². The summed E-state index contributed by atoms with van der Waals surface area (Å²) < 4.78 is 5.37. The van der Waals surface area contributed by atoms with Gasteiger partial charge < -0.3 is 9.64 Å². The summed E-state index contributed by atoms with van der Waals surface area (Å²) in [7, 11) is 0. The highest BCUT2D eigenvalue weighted by Crippen LogP contribution is 2.22. The Hall–Kier alpha value is -1.98. The zero-order valence-electron chi connectivity index (χ0n) is 15.2. The summed E-state index contributed by atoms with van der Waals surface area (Å²) in [6.45, 7) is 10.7. The predicted octanol–water partition coefficient (Wildman–Crippen LogP) is 3.43. The van der Waals surface area contributed by atoms with Gasteiger partial charge in [-0.1, -0.05) is 13.8 Å². The molecule has 1 aliphatic rings. The number of ether oxygens (including phenoxy) is 1. The molecule has 0 spiro atoms. The van der Waals surface area contributed by atoms with Crippen molar-refractivity contribution in [3.8, 4) is 0 Å². The predicted molar refractivity (Wildman–Crippen MR) is 91.0 cm³/mol. The van der Waals surface area contributed by atoms with Crippen LogP contribution < -0.4 is 0 Å². The minimum atomic E-state index is -0.504.